The summed E-state index contributed by atoms with van der Waals surface area (Å²) in [7, 11) is 0. The molecule has 0 fully saturated rings. The first-order chi connectivity index (χ1) is 13.8. The van der Waals surface area contributed by atoms with Crippen LogP contribution in [0.1, 0.15) is 44.4 Å². The maximum absolute atomic E-state index is 12.7. The van der Waals surface area contributed by atoms with E-state index in [1.807, 2.05) is 0 Å². The van der Waals surface area contributed by atoms with Crippen LogP contribution in [0, 0.1) is 0 Å². The molecule has 0 heterocycles. The van der Waals surface area contributed by atoms with Gasteiger partial charge in [0.05, 0.1) is 17.5 Å². The lowest BCUT2D eigenvalue weighted by atomic mass is 10.00. The van der Waals surface area contributed by atoms with Gasteiger partial charge in [-0.1, -0.05) is 60.7 Å². The van der Waals surface area contributed by atoms with Crippen molar-refractivity contribution < 1.29 is 27.5 Å². The fourth-order valence-corrected chi connectivity index (χ4v) is 2.80. The maximum atomic E-state index is 12.7. The quantitative estimate of drug-likeness (QED) is 0.385. The van der Waals surface area contributed by atoms with Gasteiger partial charge < -0.3 is 4.74 Å². The first kappa shape index (κ1) is 20.3. The van der Waals surface area contributed by atoms with Gasteiger partial charge >= 0.3 is 12.1 Å². The van der Waals surface area contributed by atoms with Crippen LogP contribution in [0.4, 0.5) is 13.2 Å². The predicted octanol–water partition coefficient (Wildman–Crippen LogP) is 5.88. The number of hydrogen-bond acceptors (Lipinski definition) is 3. The van der Waals surface area contributed by atoms with Crippen LogP contribution in [-0.4, -0.2) is 11.8 Å². The Morgan fingerprint density at radius 3 is 1.86 bits per heavy atom. The highest BCUT2D eigenvalue weighted by atomic mass is 19.4. The largest absolute Gasteiger partial charge is 0.453 e. The second-order valence-electron chi connectivity index (χ2n) is 6.37. The van der Waals surface area contributed by atoms with Crippen LogP contribution in [0.3, 0.4) is 0 Å². The topological polar surface area (TPSA) is 43.4 Å². The molecule has 0 bridgehead atoms. The van der Waals surface area contributed by atoms with Gasteiger partial charge in [-0.2, -0.15) is 13.2 Å². The van der Waals surface area contributed by atoms with Crippen LogP contribution < -0.4 is 0 Å². The van der Waals surface area contributed by atoms with Crippen LogP contribution in [0.5, 0.6) is 0 Å². The number of Topliss-reactive ketones (excluding diaryl/α,β-unsaturated/α-hetero) is 1. The van der Waals surface area contributed by atoms with Crippen molar-refractivity contribution in [1.29, 1.82) is 0 Å². The fraction of sp³-hybridized carbons (Fsp3) is 0.130. The van der Waals surface area contributed by atoms with Gasteiger partial charge in [0.25, 0.3) is 0 Å². The fourth-order valence-electron chi connectivity index (χ4n) is 2.80. The van der Waals surface area contributed by atoms with Gasteiger partial charge in [0, 0.05) is 5.56 Å². The molecule has 0 aliphatic rings. The third kappa shape index (κ3) is 5.31. The zero-order valence-electron chi connectivity index (χ0n) is 15.2. The van der Waals surface area contributed by atoms with Gasteiger partial charge in [0.1, 0.15) is 6.10 Å². The van der Waals surface area contributed by atoms with E-state index in [1.54, 1.807) is 60.7 Å². The van der Waals surface area contributed by atoms with Gasteiger partial charge in [-0.3, -0.25) is 4.79 Å². The number of ether oxygens (including phenoxy) is 1. The van der Waals surface area contributed by atoms with E-state index in [1.165, 1.54) is 0 Å². The predicted molar refractivity (Wildman–Crippen MR) is 101 cm³/mol. The van der Waals surface area contributed by atoms with Crippen molar-refractivity contribution in [2.75, 3.05) is 0 Å². The number of carbonyl (C=O) groups is 2. The molecule has 0 aliphatic carbocycles. The summed E-state index contributed by atoms with van der Waals surface area (Å²) in [6.45, 7) is 0. The summed E-state index contributed by atoms with van der Waals surface area (Å²) in [5.74, 6) is -1.01. The first-order valence-corrected chi connectivity index (χ1v) is 8.86. The van der Waals surface area contributed by atoms with Gasteiger partial charge in [-0.25, -0.2) is 4.79 Å². The smallest absolute Gasteiger partial charge is 0.416 e. The van der Waals surface area contributed by atoms with Crippen LogP contribution in [0.2, 0.25) is 0 Å². The Morgan fingerprint density at radius 1 is 0.759 bits per heavy atom. The van der Waals surface area contributed by atoms with Crippen molar-refractivity contribution in [3.63, 3.8) is 0 Å². The summed E-state index contributed by atoms with van der Waals surface area (Å²) in [6, 6.07) is 21.1. The van der Waals surface area contributed by atoms with Gasteiger partial charge in [-0.15, -0.1) is 0 Å². The molecule has 0 aliphatic heterocycles. The molecule has 148 valence electrons. The average Bonchev–Trinajstić information content (AvgIpc) is 2.74. The summed E-state index contributed by atoms with van der Waals surface area (Å²) in [5.41, 5.74) is 0.232. The third-order valence-corrected chi connectivity index (χ3v) is 4.34. The van der Waals surface area contributed by atoms with Crippen molar-refractivity contribution >= 4 is 11.8 Å². The minimum absolute atomic E-state index is 0.0221. The third-order valence-electron chi connectivity index (χ3n) is 4.34. The summed E-state index contributed by atoms with van der Waals surface area (Å²) in [4.78, 5) is 25.1. The highest BCUT2D eigenvalue weighted by molar-refractivity contribution is 5.97. The average molecular weight is 398 g/mol. The Kier molecular flexibility index (Phi) is 6.12. The molecule has 0 radical (unpaired) electrons. The van der Waals surface area contributed by atoms with Crippen LogP contribution in [-0.2, 0) is 10.9 Å². The van der Waals surface area contributed by atoms with Crippen molar-refractivity contribution in [1.82, 2.24) is 0 Å². The summed E-state index contributed by atoms with van der Waals surface area (Å²) < 4.78 is 43.6. The zero-order chi connectivity index (χ0) is 20.9. The Hall–Kier alpha value is -3.41. The first-order valence-electron chi connectivity index (χ1n) is 8.86. The molecule has 6 heteroatoms. The standard InChI is InChI=1S/C23H17F3O3/c24-23(25,26)19-13-11-18(12-14-19)22(28)29-21(17-9-5-2-6-10-17)15-20(27)16-7-3-1-4-8-16/h1-14,21H,15H2. The molecule has 29 heavy (non-hydrogen) atoms. The highest BCUT2D eigenvalue weighted by Crippen LogP contribution is 2.30. The van der Waals surface area contributed by atoms with Crippen LogP contribution in [0.15, 0.2) is 84.9 Å². The molecular weight excluding hydrogens is 381 g/mol. The number of carbonyl (C=O) groups excluding carboxylic acids is 2. The number of rotatable bonds is 6. The molecule has 1 atom stereocenters. The van der Waals surface area contributed by atoms with E-state index in [9.17, 15) is 22.8 Å². The van der Waals surface area contributed by atoms with Crippen molar-refractivity contribution in [2.24, 2.45) is 0 Å². The summed E-state index contributed by atoms with van der Waals surface area (Å²) in [6.07, 6.45) is -5.43. The molecule has 0 aromatic heterocycles. The SMILES string of the molecule is O=C(CC(OC(=O)c1ccc(C(F)(F)F)cc1)c1ccccc1)c1ccccc1. The molecule has 3 nitrogen and oxygen atoms in total. The molecule has 0 spiro atoms. The molecule has 0 saturated carbocycles. The lowest BCUT2D eigenvalue weighted by molar-refractivity contribution is -0.137. The lowest BCUT2D eigenvalue weighted by Gasteiger charge is -2.18. The Bertz CT molecular complexity index is 966. The van der Waals surface area contributed by atoms with Gasteiger partial charge in [-0.05, 0) is 29.8 Å². The van der Waals surface area contributed by atoms with E-state index in [2.05, 4.69) is 0 Å². The van der Waals surface area contributed by atoms with Crippen LogP contribution in [0.25, 0.3) is 0 Å². The summed E-state index contributed by atoms with van der Waals surface area (Å²) >= 11 is 0. The molecule has 0 saturated heterocycles. The Balaban J connectivity index is 1.80. The molecule has 3 aromatic carbocycles. The van der Waals surface area contributed by atoms with E-state index in [0.717, 1.165) is 24.3 Å². The monoisotopic (exact) mass is 398 g/mol. The second-order valence-corrected chi connectivity index (χ2v) is 6.37. The Morgan fingerprint density at radius 2 is 1.31 bits per heavy atom. The van der Waals surface area contributed by atoms with Crippen molar-refractivity contribution in [3.8, 4) is 0 Å². The molecule has 3 rings (SSSR count). The number of halogens is 3. The normalized spacial score (nSPS) is 12.2. The number of esters is 1. The molecule has 0 N–H and O–H groups in total. The van der Waals surface area contributed by atoms with E-state index in [0.29, 0.717) is 11.1 Å². The Labute approximate surface area is 165 Å². The van der Waals surface area contributed by atoms with E-state index in [-0.39, 0.29) is 17.8 Å². The molecule has 1 unspecified atom stereocenters. The van der Waals surface area contributed by atoms with Crippen LogP contribution >= 0.6 is 0 Å². The zero-order valence-corrected chi connectivity index (χ0v) is 15.2. The maximum Gasteiger partial charge on any atom is 0.416 e. The minimum Gasteiger partial charge on any atom is -0.453 e. The van der Waals surface area contributed by atoms with Gasteiger partial charge in [0.2, 0.25) is 0 Å². The van der Waals surface area contributed by atoms with Gasteiger partial charge in [0.15, 0.2) is 5.78 Å². The molecule has 0 amide bonds. The minimum atomic E-state index is -4.49. The summed E-state index contributed by atoms with van der Waals surface area (Å²) in [5, 5.41) is 0. The number of ketones is 1. The molecule has 3 aromatic rings. The molecular formula is C23H17F3O3. The van der Waals surface area contributed by atoms with Crippen molar-refractivity contribution in [2.45, 2.75) is 18.7 Å². The number of hydrogen-bond donors (Lipinski definition) is 0. The van der Waals surface area contributed by atoms with E-state index >= 15 is 0 Å². The van der Waals surface area contributed by atoms with E-state index < -0.39 is 23.8 Å². The lowest BCUT2D eigenvalue weighted by Crippen LogP contribution is -2.16. The number of alkyl halides is 3. The number of benzene rings is 3. The highest BCUT2D eigenvalue weighted by Gasteiger charge is 2.30. The van der Waals surface area contributed by atoms with E-state index in [4.69, 9.17) is 4.74 Å². The van der Waals surface area contributed by atoms with Crippen molar-refractivity contribution in [3.05, 3.63) is 107 Å². The second kappa shape index (κ2) is 8.73.